The molecular formula is C10H13FLiNO. The summed E-state index contributed by atoms with van der Waals surface area (Å²) in [7, 11) is 0. The predicted molar refractivity (Wildman–Crippen MR) is 49.8 cm³/mol. The van der Waals surface area contributed by atoms with Gasteiger partial charge in [0, 0.05) is 6.20 Å². The molecule has 0 spiro atoms. The third-order valence-electron chi connectivity index (χ3n) is 1.25. The normalized spacial score (nSPS) is 7.93. The molecule has 0 bridgehead atoms. The van der Waals surface area contributed by atoms with Crippen LogP contribution in [0.25, 0.3) is 0 Å². The van der Waals surface area contributed by atoms with Crippen molar-refractivity contribution >= 4 is 6.29 Å². The Hall–Kier alpha value is -0.653. The summed E-state index contributed by atoms with van der Waals surface area (Å²) in [5, 5.41) is 0. The molecule has 72 valence electrons. The van der Waals surface area contributed by atoms with E-state index in [1.54, 1.807) is 0 Å². The number of pyridine rings is 1. The van der Waals surface area contributed by atoms with Crippen LogP contribution in [0.4, 0.5) is 4.39 Å². The maximum atomic E-state index is 12.3. The first-order chi connectivity index (χ1) is 6.26. The summed E-state index contributed by atoms with van der Waals surface area (Å²) in [6, 6.07) is 2.62. The van der Waals surface area contributed by atoms with Crippen LogP contribution >= 0.6 is 0 Å². The quantitative estimate of drug-likeness (QED) is 0.362. The van der Waals surface area contributed by atoms with E-state index in [9.17, 15) is 9.18 Å². The maximum absolute atomic E-state index is 12.3. The van der Waals surface area contributed by atoms with Crippen molar-refractivity contribution in [3.8, 4) is 0 Å². The first-order valence-electron chi connectivity index (χ1n) is 4.11. The van der Waals surface area contributed by atoms with E-state index in [1.807, 2.05) is 0 Å². The van der Waals surface area contributed by atoms with Crippen molar-refractivity contribution in [1.29, 1.82) is 0 Å². The summed E-state index contributed by atoms with van der Waals surface area (Å²) in [6.45, 7) is 5.72. The van der Waals surface area contributed by atoms with E-state index in [4.69, 9.17) is 0 Å². The average molecular weight is 189 g/mol. The number of aldehydes is 1. The molecule has 14 heavy (non-hydrogen) atoms. The molecule has 1 heterocycles. The van der Waals surface area contributed by atoms with Gasteiger partial charge in [-0.25, -0.2) is 4.39 Å². The fourth-order valence-corrected chi connectivity index (χ4v) is 0.485. The predicted octanol–water partition coefficient (Wildman–Crippen LogP) is -0.342. The van der Waals surface area contributed by atoms with Gasteiger partial charge in [-0.3, -0.25) is 9.78 Å². The number of unbranched alkanes of at least 4 members (excludes halogenated alkanes) is 1. The molecule has 0 aliphatic carbocycles. The summed E-state index contributed by atoms with van der Waals surface area (Å²) in [5.74, 6) is -0.576. The summed E-state index contributed by atoms with van der Waals surface area (Å²) < 4.78 is 12.3. The number of rotatable bonds is 2. The fraction of sp³-hybridized carbons (Fsp3) is 0.300. The van der Waals surface area contributed by atoms with Crippen molar-refractivity contribution in [3.63, 3.8) is 0 Å². The number of halogens is 1. The first kappa shape index (κ1) is 15.8. The van der Waals surface area contributed by atoms with Gasteiger partial charge >= 0.3 is 18.9 Å². The van der Waals surface area contributed by atoms with Gasteiger partial charge in [0.1, 0.15) is 5.69 Å². The topological polar surface area (TPSA) is 30.0 Å². The van der Waals surface area contributed by atoms with Crippen molar-refractivity contribution in [2.45, 2.75) is 19.8 Å². The minimum absolute atomic E-state index is 0. The molecule has 0 fully saturated rings. The number of aromatic nitrogens is 1. The molecule has 1 rings (SSSR count). The number of hydrogen-bond acceptors (Lipinski definition) is 2. The molecule has 0 atom stereocenters. The van der Waals surface area contributed by atoms with E-state index < -0.39 is 5.82 Å². The zero-order valence-corrected chi connectivity index (χ0v) is 8.66. The Labute approximate surface area is 96.1 Å². The van der Waals surface area contributed by atoms with Crippen molar-refractivity contribution in [3.05, 3.63) is 36.8 Å². The Kier molecular flexibility index (Phi) is 11.8. The van der Waals surface area contributed by atoms with Crippen molar-refractivity contribution < 1.29 is 28.0 Å². The molecule has 1 aromatic heterocycles. The Morgan fingerprint density at radius 3 is 2.50 bits per heavy atom. The number of hydrogen-bond donors (Lipinski definition) is 0. The summed E-state index contributed by atoms with van der Waals surface area (Å²) in [5.41, 5.74) is -0.141. The molecule has 0 unspecified atom stereocenters. The number of nitrogens with zero attached hydrogens (tertiary/aromatic N) is 1. The summed E-state index contributed by atoms with van der Waals surface area (Å²) in [6.07, 6.45) is 4.03. The molecule has 2 nitrogen and oxygen atoms in total. The Morgan fingerprint density at radius 2 is 2.21 bits per heavy atom. The molecule has 0 aromatic carbocycles. The molecule has 0 aliphatic rings. The van der Waals surface area contributed by atoms with Gasteiger partial charge in [-0.05, 0) is 12.1 Å². The van der Waals surface area contributed by atoms with E-state index in [-0.39, 0.29) is 24.6 Å². The van der Waals surface area contributed by atoms with Crippen LogP contribution in [0.15, 0.2) is 18.3 Å². The smallest absolute Gasteiger partial charge is 0.343 e. The second-order valence-electron chi connectivity index (χ2n) is 2.34. The second kappa shape index (κ2) is 10.4. The number of carbonyl (C=O) groups is 1. The number of carbonyl (C=O) groups excluding carboxylic acids is 1. The van der Waals surface area contributed by atoms with Gasteiger partial charge < -0.3 is 6.92 Å². The van der Waals surface area contributed by atoms with Gasteiger partial charge in [-0.1, -0.05) is 13.3 Å². The molecule has 4 heteroatoms. The molecule has 0 saturated carbocycles. The van der Waals surface area contributed by atoms with Crippen LogP contribution in [-0.4, -0.2) is 11.3 Å². The van der Waals surface area contributed by atoms with Gasteiger partial charge in [-0.15, -0.1) is 0 Å². The Morgan fingerprint density at radius 1 is 1.64 bits per heavy atom. The van der Waals surface area contributed by atoms with Crippen molar-refractivity contribution in [2.24, 2.45) is 0 Å². The summed E-state index contributed by atoms with van der Waals surface area (Å²) in [4.78, 5) is 13.4. The standard InChI is InChI=1S/C6H4FNO.C4H9.Li/c7-5-2-1-3-8-6(5)4-9;1-3-4-2;/h1-4H;1,3-4H2,2H3;/q;-1;+1. The molecule has 0 amide bonds. The minimum Gasteiger partial charge on any atom is -0.343 e. The average Bonchev–Trinajstić information content (AvgIpc) is 2.19. The molecule has 1 aromatic rings. The van der Waals surface area contributed by atoms with Crippen molar-refractivity contribution in [1.82, 2.24) is 4.98 Å². The van der Waals surface area contributed by atoms with Crippen molar-refractivity contribution in [2.75, 3.05) is 0 Å². The van der Waals surface area contributed by atoms with E-state index in [0.717, 1.165) is 6.42 Å². The van der Waals surface area contributed by atoms with Crippen LogP contribution in [0.1, 0.15) is 30.3 Å². The second-order valence-corrected chi connectivity index (χ2v) is 2.34. The van der Waals surface area contributed by atoms with Crippen LogP contribution in [0.2, 0.25) is 0 Å². The van der Waals surface area contributed by atoms with Crippen LogP contribution < -0.4 is 18.9 Å². The van der Waals surface area contributed by atoms with Crippen LogP contribution in [-0.2, 0) is 0 Å². The zero-order valence-electron chi connectivity index (χ0n) is 8.66. The molecule has 0 saturated heterocycles. The Balaban J connectivity index is 0. The van der Waals surface area contributed by atoms with Gasteiger partial charge in [-0.2, -0.15) is 6.42 Å². The molecule has 0 N–H and O–H groups in total. The van der Waals surface area contributed by atoms with E-state index in [1.165, 1.54) is 24.8 Å². The van der Waals surface area contributed by atoms with Crippen LogP contribution in [0.5, 0.6) is 0 Å². The Bertz CT molecular complexity index is 254. The zero-order chi connectivity index (χ0) is 10.1. The van der Waals surface area contributed by atoms with Gasteiger partial charge in [0.05, 0.1) is 0 Å². The fourth-order valence-electron chi connectivity index (χ4n) is 0.485. The van der Waals surface area contributed by atoms with Gasteiger partial charge in [0.15, 0.2) is 12.1 Å². The molecular weight excluding hydrogens is 176 g/mol. The monoisotopic (exact) mass is 189 g/mol. The largest absolute Gasteiger partial charge is 1.00 e. The molecule has 0 aliphatic heterocycles. The SMILES string of the molecule is O=Cc1ncccc1F.[CH2-]CCC.[Li+]. The van der Waals surface area contributed by atoms with Crippen LogP contribution in [0.3, 0.4) is 0 Å². The van der Waals surface area contributed by atoms with Gasteiger partial charge in [0.2, 0.25) is 0 Å². The van der Waals surface area contributed by atoms with E-state index >= 15 is 0 Å². The first-order valence-corrected chi connectivity index (χ1v) is 4.11. The van der Waals surface area contributed by atoms with E-state index in [2.05, 4.69) is 18.8 Å². The van der Waals surface area contributed by atoms with Crippen LogP contribution in [0, 0.1) is 12.7 Å². The van der Waals surface area contributed by atoms with E-state index in [0.29, 0.717) is 6.29 Å². The molecule has 0 radical (unpaired) electrons. The third kappa shape index (κ3) is 6.82. The minimum atomic E-state index is -0.576. The summed E-state index contributed by atoms with van der Waals surface area (Å²) >= 11 is 0. The van der Waals surface area contributed by atoms with Gasteiger partial charge in [0.25, 0.3) is 0 Å². The third-order valence-corrected chi connectivity index (χ3v) is 1.25. The maximum Gasteiger partial charge on any atom is 1.00 e.